The van der Waals surface area contributed by atoms with Gasteiger partial charge in [0, 0.05) is 30.9 Å². The second-order valence-corrected chi connectivity index (χ2v) is 7.29. The monoisotopic (exact) mass is 259 g/mol. The van der Waals surface area contributed by atoms with Crippen LogP contribution in [0.2, 0.25) is 0 Å². The fourth-order valence-electron chi connectivity index (χ4n) is 5.25. The Morgan fingerprint density at radius 3 is 2.32 bits per heavy atom. The molecule has 4 saturated carbocycles. The molecule has 4 aliphatic rings. The molecule has 1 N–H and O–H groups in total. The van der Waals surface area contributed by atoms with Crippen LogP contribution in [0, 0.1) is 23.7 Å². The molecule has 4 fully saturated rings. The Morgan fingerprint density at radius 1 is 1.16 bits per heavy atom. The van der Waals surface area contributed by atoms with Gasteiger partial charge in [0.1, 0.15) is 0 Å². The standard InChI is InChI=1S/C16H25N3/c1-10(15-8-17-19(2)9-15)18-16-13-4-11-3-12(6-13)7-14(16)5-11/h8-14,16,18H,3-7H2,1-2H3. The molecule has 4 bridgehead atoms. The molecule has 5 rings (SSSR count). The number of aryl methyl sites for hydroxylation is 1. The van der Waals surface area contributed by atoms with Crippen LogP contribution in [0.1, 0.15) is 50.6 Å². The van der Waals surface area contributed by atoms with Crippen LogP contribution in [0.25, 0.3) is 0 Å². The van der Waals surface area contributed by atoms with Crippen LogP contribution in [0.4, 0.5) is 0 Å². The maximum atomic E-state index is 4.30. The summed E-state index contributed by atoms with van der Waals surface area (Å²) in [6.45, 7) is 2.29. The van der Waals surface area contributed by atoms with Crippen LogP contribution in [0.15, 0.2) is 12.4 Å². The zero-order chi connectivity index (χ0) is 13.0. The number of nitrogens with zero attached hydrogens (tertiary/aromatic N) is 2. The predicted octanol–water partition coefficient (Wildman–Crippen LogP) is 2.90. The molecular formula is C16H25N3. The summed E-state index contributed by atoms with van der Waals surface area (Å²) in [5, 5.41) is 8.24. The number of aromatic nitrogens is 2. The van der Waals surface area contributed by atoms with E-state index in [4.69, 9.17) is 0 Å². The molecule has 1 unspecified atom stereocenters. The van der Waals surface area contributed by atoms with Gasteiger partial charge in [-0.2, -0.15) is 5.10 Å². The highest BCUT2D eigenvalue weighted by Gasteiger charge is 2.48. The summed E-state index contributed by atoms with van der Waals surface area (Å²) in [5.41, 5.74) is 1.33. The lowest BCUT2D eigenvalue weighted by molar-refractivity contribution is -0.0171. The van der Waals surface area contributed by atoms with E-state index in [9.17, 15) is 0 Å². The lowest BCUT2D eigenvalue weighted by Gasteiger charge is -2.55. The summed E-state index contributed by atoms with van der Waals surface area (Å²) < 4.78 is 1.91. The molecule has 1 aromatic heterocycles. The van der Waals surface area contributed by atoms with Crippen LogP contribution in [0.3, 0.4) is 0 Å². The average Bonchev–Trinajstić information content (AvgIpc) is 2.79. The maximum Gasteiger partial charge on any atom is 0.0537 e. The third-order valence-corrected chi connectivity index (χ3v) is 5.89. The van der Waals surface area contributed by atoms with Crippen LogP contribution < -0.4 is 5.32 Å². The van der Waals surface area contributed by atoms with E-state index >= 15 is 0 Å². The molecular weight excluding hydrogens is 234 g/mol. The minimum absolute atomic E-state index is 0.441. The van der Waals surface area contributed by atoms with Crippen LogP contribution in [-0.4, -0.2) is 15.8 Å². The first-order valence-corrected chi connectivity index (χ1v) is 7.93. The Labute approximate surface area is 115 Å². The lowest BCUT2D eigenvalue weighted by Crippen LogP contribution is -2.54. The second kappa shape index (κ2) is 4.34. The Kier molecular flexibility index (Phi) is 2.73. The van der Waals surface area contributed by atoms with Gasteiger partial charge in [-0.1, -0.05) is 0 Å². The summed E-state index contributed by atoms with van der Waals surface area (Å²) in [5.74, 6) is 4.04. The van der Waals surface area contributed by atoms with E-state index in [1.165, 1.54) is 37.7 Å². The SMILES string of the molecule is CC(NC1C2CC3CC(C2)CC1C3)c1cnn(C)c1. The Bertz CT molecular complexity index is 436. The summed E-state index contributed by atoms with van der Waals surface area (Å²) >= 11 is 0. The van der Waals surface area contributed by atoms with E-state index in [0.29, 0.717) is 6.04 Å². The molecule has 4 aliphatic carbocycles. The van der Waals surface area contributed by atoms with Gasteiger partial charge in [0.2, 0.25) is 0 Å². The highest BCUT2D eigenvalue weighted by atomic mass is 15.2. The first-order chi connectivity index (χ1) is 9.19. The molecule has 3 heteroatoms. The minimum atomic E-state index is 0.441. The first kappa shape index (κ1) is 12.0. The molecule has 1 aromatic rings. The lowest BCUT2D eigenvalue weighted by atomic mass is 9.54. The van der Waals surface area contributed by atoms with E-state index in [1.54, 1.807) is 0 Å². The quantitative estimate of drug-likeness (QED) is 0.904. The highest BCUT2D eigenvalue weighted by Crippen LogP contribution is 2.54. The Hall–Kier alpha value is -0.830. The largest absolute Gasteiger partial charge is 0.307 e. The molecule has 3 nitrogen and oxygen atoms in total. The number of nitrogens with one attached hydrogen (secondary N) is 1. The topological polar surface area (TPSA) is 29.9 Å². The van der Waals surface area contributed by atoms with E-state index in [2.05, 4.69) is 23.5 Å². The first-order valence-electron chi connectivity index (χ1n) is 7.93. The van der Waals surface area contributed by atoms with Crippen molar-refractivity contribution in [3.8, 4) is 0 Å². The van der Waals surface area contributed by atoms with Crippen molar-refractivity contribution in [2.75, 3.05) is 0 Å². The Morgan fingerprint density at radius 2 is 1.79 bits per heavy atom. The molecule has 1 heterocycles. The zero-order valence-electron chi connectivity index (χ0n) is 12.0. The molecule has 0 radical (unpaired) electrons. The van der Waals surface area contributed by atoms with Crippen molar-refractivity contribution in [1.29, 1.82) is 0 Å². The smallest absolute Gasteiger partial charge is 0.0537 e. The molecule has 0 saturated heterocycles. The van der Waals surface area contributed by atoms with Gasteiger partial charge in [-0.05, 0) is 62.7 Å². The fraction of sp³-hybridized carbons (Fsp3) is 0.812. The van der Waals surface area contributed by atoms with Gasteiger partial charge >= 0.3 is 0 Å². The van der Waals surface area contributed by atoms with Gasteiger partial charge in [-0.3, -0.25) is 4.68 Å². The summed E-state index contributed by atoms with van der Waals surface area (Å²) in [7, 11) is 2.00. The number of hydrogen-bond acceptors (Lipinski definition) is 2. The highest BCUT2D eigenvalue weighted by molar-refractivity contribution is 5.11. The van der Waals surface area contributed by atoms with Crippen LogP contribution in [-0.2, 0) is 7.05 Å². The van der Waals surface area contributed by atoms with Crippen LogP contribution in [0.5, 0.6) is 0 Å². The molecule has 0 aliphatic heterocycles. The number of rotatable bonds is 3. The third kappa shape index (κ3) is 2.03. The molecule has 0 aromatic carbocycles. The van der Waals surface area contributed by atoms with Gasteiger partial charge in [-0.15, -0.1) is 0 Å². The molecule has 1 atom stereocenters. The summed E-state index contributed by atoms with van der Waals surface area (Å²) in [4.78, 5) is 0. The summed E-state index contributed by atoms with van der Waals surface area (Å²) in [6.07, 6.45) is 11.7. The van der Waals surface area contributed by atoms with Crippen molar-refractivity contribution in [2.45, 2.75) is 51.1 Å². The maximum absolute atomic E-state index is 4.30. The second-order valence-electron chi connectivity index (χ2n) is 7.29. The van der Waals surface area contributed by atoms with E-state index in [-0.39, 0.29) is 0 Å². The van der Waals surface area contributed by atoms with Crippen molar-refractivity contribution < 1.29 is 0 Å². The normalized spacial score (nSPS) is 41.7. The third-order valence-electron chi connectivity index (χ3n) is 5.89. The van der Waals surface area contributed by atoms with Crippen molar-refractivity contribution in [2.24, 2.45) is 30.7 Å². The molecule has 0 amide bonds. The fourth-order valence-corrected chi connectivity index (χ4v) is 5.25. The minimum Gasteiger partial charge on any atom is -0.307 e. The van der Waals surface area contributed by atoms with Crippen LogP contribution >= 0.6 is 0 Å². The molecule has 0 spiro atoms. The van der Waals surface area contributed by atoms with Crippen molar-refractivity contribution in [1.82, 2.24) is 15.1 Å². The van der Waals surface area contributed by atoms with E-state index in [1.807, 2.05) is 17.9 Å². The van der Waals surface area contributed by atoms with E-state index < -0.39 is 0 Å². The van der Waals surface area contributed by atoms with Gasteiger partial charge in [0.25, 0.3) is 0 Å². The van der Waals surface area contributed by atoms with Gasteiger partial charge < -0.3 is 5.32 Å². The van der Waals surface area contributed by atoms with Crippen molar-refractivity contribution in [3.05, 3.63) is 18.0 Å². The van der Waals surface area contributed by atoms with Gasteiger partial charge in [0.15, 0.2) is 0 Å². The number of hydrogen-bond donors (Lipinski definition) is 1. The molecule has 104 valence electrons. The summed E-state index contributed by atoms with van der Waals surface area (Å²) in [6, 6.07) is 1.21. The predicted molar refractivity (Wildman–Crippen MR) is 75.6 cm³/mol. The van der Waals surface area contributed by atoms with Gasteiger partial charge in [-0.25, -0.2) is 0 Å². The molecule has 19 heavy (non-hydrogen) atoms. The van der Waals surface area contributed by atoms with Gasteiger partial charge in [0.05, 0.1) is 6.20 Å². The Balaban J connectivity index is 1.48. The van der Waals surface area contributed by atoms with Crippen molar-refractivity contribution >= 4 is 0 Å². The van der Waals surface area contributed by atoms with E-state index in [0.717, 1.165) is 29.7 Å². The zero-order valence-corrected chi connectivity index (χ0v) is 12.0. The van der Waals surface area contributed by atoms with Crippen molar-refractivity contribution in [3.63, 3.8) is 0 Å². The average molecular weight is 259 g/mol.